The molecule has 1 aromatic heterocycles. The summed E-state index contributed by atoms with van der Waals surface area (Å²) in [4.78, 5) is 3.91. The van der Waals surface area contributed by atoms with Crippen LogP contribution in [0.5, 0.6) is 0 Å². The van der Waals surface area contributed by atoms with Gasteiger partial charge in [0.2, 0.25) is 0 Å². The van der Waals surface area contributed by atoms with E-state index in [0.717, 1.165) is 18.7 Å². The zero-order valence-corrected chi connectivity index (χ0v) is 9.06. The summed E-state index contributed by atoms with van der Waals surface area (Å²) in [7, 11) is 3.21. The van der Waals surface area contributed by atoms with Gasteiger partial charge < -0.3 is 4.57 Å². The van der Waals surface area contributed by atoms with Crippen molar-refractivity contribution in [3.05, 3.63) is 12.0 Å². The molecule has 1 aromatic rings. The second kappa shape index (κ2) is 3.67. The quantitative estimate of drug-likeness (QED) is 0.725. The van der Waals surface area contributed by atoms with E-state index in [9.17, 15) is 8.42 Å². The molecule has 0 aliphatic carbocycles. The first-order valence-corrected chi connectivity index (χ1v) is 6.23. The Hall–Kier alpha value is -0.550. The fourth-order valence-corrected chi connectivity index (χ4v) is 1.77. The molecule has 1 rings (SSSR count). The van der Waals surface area contributed by atoms with Crippen LogP contribution >= 0.6 is 10.7 Å². The first kappa shape index (κ1) is 10.5. The van der Waals surface area contributed by atoms with Gasteiger partial charge in [0.05, 0.1) is 0 Å². The SMILES string of the molecule is CCCc1nc(S(=O)(=O)Cl)cn1C. The van der Waals surface area contributed by atoms with Gasteiger partial charge in [-0.3, -0.25) is 0 Å². The van der Waals surface area contributed by atoms with Gasteiger partial charge in [-0.25, -0.2) is 13.4 Å². The lowest BCUT2D eigenvalue weighted by molar-refractivity contribution is 0.606. The number of nitrogens with zero attached hydrogens (tertiary/aromatic N) is 2. The number of aromatic nitrogens is 2. The summed E-state index contributed by atoms with van der Waals surface area (Å²) in [5, 5.41) is -0.0693. The minimum Gasteiger partial charge on any atom is -0.337 e. The van der Waals surface area contributed by atoms with Crippen LogP contribution in [0, 0.1) is 0 Å². The van der Waals surface area contributed by atoms with Gasteiger partial charge in [-0.05, 0) is 6.42 Å². The van der Waals surface area contributed by atoms with Crippen molar-refractivity contribution < 1.29 is 8.42 Å². The highest BCUT2D eigenvalue weighted by Gasteiger charge is 2.15. The Morgan fingerprint density at radius 2 is 2.23 bits per heavy atom. The Morgan fingerprint density at radius 3 is 2.62 bits per heavy atom. The number of imidazole rings is 1. The normalized spacial score (nSPS) is 11.9. The molecule has 0 saturated heterocycles. The van der Waals surface area contributed by atoms with Gasteiger partial charge in [-0.1, -0.05) is 6.92 Å². The Balaban J connectivity index is 3.09. The van der Waals surface area contributed by atoms with Crippen LogP contribution in [0.15, 0.2) is 11.2 Å². The Morgan fingerprint density at radius 1 is 1.62 bits per heavy atom. The summed E-state index contributed by atoms with van der Waals surface area (Å²) in [6.45, 7) is 2.00. The highest BCUT2D eigenvalue weighted by atomic mass is 35.7. The zero-order valence-electron chi connectivity index (χ0n) is 7.49. The van der Waals surface area contributed by atoms with E-state index in [1.807, 2.05) is 6.92 Å². The number of aryl methyl sites for hydroxylation is 2. The van der Waals surface area contributed by atoms with Crippen LogP contribution in [-0.4, -0.2) is 18.0 Å². The van der Waals surface area contributed by atoms with E-state index in [1.165, 1.54) is 6.20 Å². The number of rotatable bonds is 3. The molecule has 0 aromatic carbocycles. The van der Waals surface area contributed by atoms with E-state index in [1.54, 1.807) is 11.6 Å². The third-order valence-electron chi connectivity index (χ3n) is 1.67. The maximum atomic E-state index is 10.9. The van der Waals surface area contributed by atoms with Gasteiger partial charge in [0.25, 0.3) is 9.05 Å². The molecule has 0 amide bonds. The van der Waals surface area contributed by atoms with E-state index in [-0.39, 0.29) is 5.03 Å². The molecule has 0 atom stereocenters. The van der Waals surface area contributed by atoms with Crippen molar-refractivity contribution in [2.45, 2.75) is 24.8 Å². The second-order valence-corrected chi connectivity index (χ2v) is 5.31. The van der Waals surface area contributed by atoms with Crippen molar-refractivity contribution in [1.82, 2.24) is 9.55 Å². The van der Waals surface area contributed by atoms with Gasteiger partial charge in [0.1, 0.15) is 5.82 Å². The van der Waals surface area contributed by atoms with Gasteiger partial charge >= 0.3 is 0 Å². The van der Waals surface area contributed by atoms with Gasteiger partial charge in [-0.2, -0.15) is 0 Å². The molecule has 4 nitrogen and oxygen atoms in total. The third kappa shape index (κ3) is 2.45. The summed E-state index contributed by atoms with van der Waals surface area (Å²) in [5.41, 5.74) is 0. The molecule has 0 spiro atoms. The number of hydrogen-bond acceptors (Lipinski definition) is 3. The summed E-state index contributed by atoms with van der Waals surface area (Å²) >= 11 is 0. The molecule has 6 heteroatoms. The largest absolute Gasteiger partial charge is 0.337 e. The molecule has 0 fully saturated rings. The molecule has 0 N–H and O–H groups in total. The van der Waals surface area contributed by atoms with E-state index < -0.39 is 9.05 Å². The predicted molar refractivity (Wildman–Crippen MR) is 50.2 cm³/mol. The molecule has 0 unspecified atom stereocenters. The fourth-order valence-electron chi connectivity index (χ4n) is 1.05. The van der Waals surface area contributed by atoms with Crippen LogP contribution in [0.25, 0.3) is 0 Å². The topological polar surface area (TPSA) is 52.0 Å². The van der Waals surface area contributed by atoms with E-state index in [0.29, 0.717) is 0 Å². The van der Waals surface area contributed by atoms with Gasteiger partial charge in [0, 0.05) is 30.3 Å². The number of halogens is 1. The maximum Gasteiger partial charge on any atom is 0.280 e. The van der Waals surface area contributed by atoms with Crippen LogP contribution in [0.2, 0.25) is 0 Å². The minimum atomic E-state index is -3.68. The van der Waals surface area contributed by atoms with Crippen LogP contribution in [0.3, 0.4) is 0 Å². The Kier molecular flexibility index (Phi) is 2.98. The lowest BCUT2D eigenvalue weighted by atomic mass is 10.3. The van der Waals surface area contributed by atoms with Crippen LogP contribution in [-0.2, 0) is 22.5 Å². The molecule has 0 aliphatic heterocycles. The molecule has 0 saturated carbocycles. The molecule has 0 radical (unpaired) electrons. The average molecular weight is 223 g/mol. The second-order valence-electron chi connectivity index (χ2n) is 2.79. The first-order valence-electron chi connectivity index (χ1n) is 3.92. The number of hydrogen-bond donors (Lipinski definition) is 0. The highest BCUT2D eigenvalue weighted by Crippen LogP contribution is 2.14. The summed E-state index contributed by atoms with van der Waals surface area (Å²) in [5.74, 6) is 0.738. The Bertz CT molecular complexity index is 397. The lowest BCUT2D eigenvalue weighted by Gasteiger charge is -1.95. The summed E-state index contributed by atoms with van der Waals surface area (Å²) in [6.07, 6.45) is 3.10. The van der Waals surface area contributed by atoms with Crippen LogP contribution in [0.1, 0.15) is 19.2 Å². The van der Waals surface area contributed by atoms with E-state index in [4.69, 9.17) is 10.7 Å². The summed E-state index contributed by atoms with van der Waals surface area (Å²) in [6, 6.07) is 0. The standard InChI is InChI=1S/C7H11ClN2O2S/c1-3-4-6-9-7(5-10(6)2)13(8,11)12/h5H,3-4H2,1-2H3. The molecule has 1 heterocycles. The smallest absolute Gasteiger partial charge is 0.280 e. The van der Waals surface area contributed by atoms with E-state index >= 15 is 0 Å². The summed E-state index contributed by atoms with van der Waals surface area (Å²) < 4.78 is 23.5. The molecule has 13 heavy (non-hydrogen) atoms. The molecular weight excluding hydrogens is 212 g/mol. The zero-order chi connectivity index (χ0) is 10.1. The average Bonchev–Trinajstić information content (AvgIpc) is 2.32. The monoisotopic (exact) mass is 222 g/mol. The predicted octanol–water partition coefficient (Wildman–Crippen LogP) is 1.30. The molecule has 74 valence electrons. The Labute approximate surface area is 82.0 Å². The van der Waals surface area contributed by atoms with Crippen molar-refractivity contribution >= 4 is 19.7 Å². The van der Waals surface area contributed by atoms with Crippen LogP contribution < -0.4 is 0 Å². The minimum absolute atomic E-state index is 0.0693. The van der Waals surface area contributed by atoms with Crippen molar-refractivity contribution in [2.24, 2.45) is 7.05 Å². The molecular formula is C7H11ClN2O2S. The van der Waals surface area contributed by atoms with E-state index in [2.05, 4.69) is 4.98 Å². The van der Waals surface area contributed by atoms with Crippen molar-refractivity contribution in [1.29, 1.82) is 0 Å². The van der Waals surface area contributed by atoms with Crippen molar-refractivity contribution in [3.8, 4) is 0 Å². The van der Waals surface area contributed by atoms with Crippen LogP contribution in [0.4, 0.5) is 0 Å². The lowest BCUT2D eigenvalue weighted by Crippen LogP contribution is -1.95. The van der Waals surface area contributed by atoms with Crippen molar-refractivity contribution in [3.63, 3.8) is 0 Å². The maximum absolute atomic E-state index is 10.9. The molecule has 0 aliphatic rings. The molecule has 0 bridgehead atoms. The van der Waals surface area contributed by atoms with Crippen molar-refractivity contribution in [2.75, 3.05) is 0 Å². The first-order chi connectivity index (χ1) is 5.95. The highest BCUT2D eigenvalue weighted by molar-refractivity contribution is 8.13. The fraction of sp³-hybridized carbons (Fsp3) is 0.571. The third-order valence-corrected chi connectivity index (χ3v) is 2.84. The van der Waals surface area contributed by atoms with Gasteiger partial charge in [0.15, 0.2) is 5.03 Å². The van der Waals surface area contributed by atoms with Gasteiger partial charge in [-0.15, -0.1) is 0 Å².